The standard InChI is InChI=1S/C17H26O12S2/c1-9(18)25-8-13-14(26-10(2)19)15(27-11(3)20)16(28-12(4)21)17(29-13)24-6-7-30-31(5,22)23/h13-17H,6-8H2,1-5H3/t13-,14-,15+,16-,17-/m1/s1. The molecule has 14 heteroatoms. The molecular formula is C17H26O12S2. The highest BCUT2D eigenvalue weighted by Crippen LogP contribution is 2.30. The largest absolute Gasteiger partial charge is 0.463 e. The lowest BCUT2D eigenvalue weighted by Gasteiger charge is -2.44. The third-order valence-corrected chi connectivity index (χ3v) is 6.16. The number of hydrogen-bond donors (Lipinski definition) is 0. The molecule has 0 unspecified atom stereocenters. The van der Waals surface area contributed by atoms with Gasteiger partial charge in [-0.15, -0.1) is 0 Å². The Balaban J connectivity index is 3.18. The van der Waals surface area contributed by atoms with E-state index in [2.05, 4.69) is 0 Å². The topological polar surface area (TPSA) is 158 Å². The van der Waals surface area contributed by atoms with Gasteiger partial charge < -0.3 is 28.4 Å². The zero-order valence-electron chi connectivity index (χ0n) is 17.7. The highest BCUT2D eigenvalue weighted by Gasteiger charge is 2.52. The second kappa shape index (κ2) is 12.2. The average molecular weight is 487 g/mol. The molecule has 178 valence electrons. The summed E-state index contributed by atoms with van der Waals surface area (Å²) in [7, 11) is -2.68. The monoisotopic (exact) mass is 486 g/mol. The first-order chi connectivity index (χ1) is 14.3. The molecule has 0 aliphatic carbocycles. The molecule has 1 fully saturated rings. The van der Waals surface area contributed by atoms with Crippen LogP contribution in [0.2, 0.25) is 0 Å². The number of rotatable bonds is 10. The molecule has 12 nitrogen and oxygen atoms in total. The van der Waals surface area contributed by atoms with Gasteiger partial charge in [0.25, 0.3) is 0 Å². The summed E-state index contributed by atoms with van der Waals surface area (Å²) in [6.45, 7) is 3.96. The van der Waals surface area contributed by atoms with E-state index in [1.165, 1.54) is 0 Å². The molecule has 0 aromatic rings. The first-order valence-corrected chi connectivity index (χ1v) is 12.5. The smallest absolute Gasteiger partial charge is 0.303 e. The lowest BCUT2D eigenvalue weighted by atomic mass is 9.98. The van der Waals surface area contributed by atoms with Crippen LogP contribution in [0.4, 0.5) is 0 Å². The molecule has 0 radical (unpaired) electrons. The van der Waals surface area contributed by atoms with Crippen molar-refractivity contribution in [2.75, 3.05) is 25.2 Å². The summed E-state index contributed by atoms with van der Waals surface area (Å²) < 4.78 is 54.4. The normalized spacial score (nSPS) is 25.9. The highest BCUT2D eigenvalue weighted by molar-refractivity contribution is 8.71. The molecular weight excluding hydrogens is 460 g/mol. The fourth-order valence-corrected chi connectivity index (χ4v) is 4.25. The molecule has 0 aromatic heterocycles. The zero-order valence-corrected chi connectivity index (χ0v) is 19.4. The van der Waals surface area contributed by atoms with E-state index >= 15 is 0 Å². The maximum Gasteiger partial charge on any atom is 0.303 e. The Labute approximate surface area is 183 Å². The third kappa shape index (κ3) is 10.3. The highest BCUT2D eigenvalue weighted by atomic mass is 33.1. The van der Waals surface area contributed by atoms with Crippen molar-refractivity contribution >= 4 is 43.5 Å². The van der Waals surface area contributed by atoms with Crippen molar-refractivity contribution in [3.63, 3.8) is 0 Å². The van der Waals surface area contributed by atoms with Crippen molar-refractivity contribution in [3.05, 3.63) is 0 Å². The minimum absolute atomic E-state index is 0.0334. The van der Waals surface area contributed by atoms with E-state index in [1.54, 1.807) is 0 Å². The number of esters is 4. The summed E-state index contributed by atoms with van der Waals surface area (Å²) in [5.41, 5.74) is 0. The Bertz CT molecular complexity index is 765. The van der Waals surface area contributed by atoms with Gasteiger partial charge >= 0.3 is 23.9 Å². The van der Waals surface area contributed by atoms with Crippen LogP contribution in [0.5, 0.6) is 0 Å². The molecule has 0 saturated carbocycles. The summed E-state index contributed by atoms with van der Waals surface area (Å²) >= 11 is 0. The van der Waals surface area contributed by atoms with Crippen LogP contribution in [-0.4, -0.2) is 88.2 Å². The SMILES string of the molecule is CC(=O)OC[C@H]1O[C@@H](OCCSS(C)(=O)=O)[C@H](OC(C)=O)[C@@H](OC(C)=O)[C@@H]1OC(C)=O. The molecule has 1 saturated heterocycles. The Morgan fingerprint density at radius 3 is 1.84 bits per heavy atom. The van der Waals surface area contributed by atoms with E-state index in [0.717, 1.165) is 34.0 Å². The van der Waals surface area contributed by atoms with Crippen LogP contribution < -0.4 is 0 Å². The molecule has 0 N–H and O–H groups in total. The fraction of sp³-hybridized carbons (Fsp3) is 0.765. The summed E-state index contributed by atoms with van der Waals surface area (Å²) in [5, 5.41) is 0. The number of ether oxygens (including phenoxy) is 6. The maximum atomic E-state index is 11.7. The van der Waals surface area contributed by atoms with Crippen molar-refractivity contribution in [3.8, 4) is 0 Å². The van der Waals surface area contributed by atoms with E-state index in [4.69, 9.17) is 28.4 Å². The van der Waals surface area contributed by atoms with Gasteiger partial charge in [-0.25, -0.2) is 8.42 Å². The molecule has 1 aliphatic rings. The molecule has 1 rings (SSSR count). The minimum Gasteiger partial charge on any atom is -0.463 e. The second-order valence-electron chi connectivity index (χ2n) is 6.46. The zero-order chi connectivity index (χ0) is 23.8. The van der Waals surface area contributed by atoms with Crippen LogP contribution in [0.15, 0.2) is 0 Å². The van der Waals surface area contributed by atoms with E-state index in [9.17, 15) is 27.6 Å². The Kier molecular flexibility index (Phi) is 10.7. The molecule has 0 bridgehead atoms. The minimum atomic E-state index is -3.31. The Hall–Kier alpha value is -1.90. The first kappa shape index (κ1) is 27.1. The van der Waals surface area contributed by atoms with Gasteiger partial charge in [-0.3, -0.25) is 19.2 Å². The summed E-state index contributed by atoms with van der Waals surface area (Å²) in [5.74, 6) is -2.88. The molecule has 31 heavy (non-hydrogen) atoms. The number of carbonyl (C=O) groups excluding carboxylic acids is 4. The van der Waals surface area contributed by atoms with Crippen LogP contribution >= 0.6 is 10.8 Å². The Morgan fingerprint density at radius 1 is 0.839 bits per heavy atom. The van der Waals surface area contributed by atoms with Gasteiger partial charge in [-0.1, -0.05) is 0 Å². The molecule has 0 aromatic carbocycles. The van der Waals surface area contributed by atoms with Gasteiger partial charge in [0.2, 0.25) is 0 Å². The lowest BCUT2D eigenvalue weighted by Crippen LogP contribution is -2.63. The second-order valence-corrected chi connectivity index (χ2v) is 11.0. The van der Waals surface area contributed by atoms with Crippen LogP contribution in [0, 0.1) is 0 Å². The van der Waals surface area contributed by atoms with Crippen LogP contribution in [0.1, 0.15) is 27.7 Å². The van der Waals surface area contributed by atoms with Crippen LogP contribution in [0.25, 0.3) is 0 Å². The predicted octanol–water partition coefficient (Wildman–Crippen LogP) is -0.221. The van der Waals surface area contributed by atoms with Crippen molar-refractivity contribution in [2.45, 2.75) is 58.4 Å². The van der Waals surface area contributed by atoms with E-state index in [-0.39, 0.29) is 19.0 Å². The van der Waals surface area contributed by atoms with Crippen molar-refractivity contribution in [1.29, 1.82) is 0 Å². The van der Waals surface area contributed by atoms with Crippen LogP contribution in [-0.2, 0) is 56.5 Å². The van der Waals surface area contributed by atoms with Crippen molar-refractivity contribution in [1.82, 2.24) is 0 Å². The average Bonchev–Trinajstić information content (AvgIpc) is 2.59. The molecule has 0 amide bonds. The van der Waals surface area contributed by atoms with Crippen LogP contribution in [0.3, 0.4) is 0 Å². The summed E-state index contributed by atoms with van der Waals surface area (Å²) in [6.07, 6.45) is -5.39. The number of hydrogen-bond acceptors (Lipinski definition) is 13. The van der Waals surface area contributed by atoms with Gasteiger partial charge in [0.15, 0.2) is 33.5 Å². The van der Waals surface area contributed by atoms with Gasteiger partial charge in [0.05, 0.1) is 6.61 Å². The Morgan fingerprint density at radius 2 is 1.35 bits per heavy atom. The number of carbonyl (C=O) groups is 4. The van der Waals surface area contributed by atoms with Gasteiger partial charge in [0.1, 0.15) is 12.7 Å². The summed E-state index contributed by atoms with van der Waals surface area (Å²) in [6, 6.07) is 0. The van der Waals surface area contributed by atoms with Gasteiger partial charge in [-0.2, -0.15) is 0 Å². The van der Waals surface area contributed by atoms with Crippen molar-refractivity contribution < 1.29 is 56.0 Å². The molecule has 0 spiro atoms. The quantitative estimate of drug-likeness (QED) is 0.173. The maximum absolute atomic E-state index is 11.7. The molecule has 5 atom stereocenters. The van der Waals surface area contributed by atoms with Crippen molar-refractivity contribution in [2.24, 2.45) is 0 Å². The predicted molar refractivity (Wildman–Crippen MR) is 105 cm³/mol. The lowest BCUT2D eigenvalue weighted by molar-refractivity contribution is -0.307. The third-order valence-electron chi connectivity index (χ3n) is 3.61. The van der Waals surface area contributed by atoms with E-state index < -0.39 is 63.5 Å². The fourth-order valence-electron chi connectivity index (χ4n) is 2.67. The van der Waals surface area contributed by atoms with Gasteiger partial charge in [-0.05, 0) is 10.8 Å². The van der Waals surface area contributed by atoms with Gasteiger partial charge in [0, 0.05) is 39.7 Å². The molecule has 1 aliphatic heterocycles. The first-order valence-electron chi connectivity index (χ1n) is 9.06. The van der Waals surface area contributed by atoms with E-state index in [0.29, 0.717) is 10.8 Å². The van der Waals surface area contributed by atoms with E-state index in [1.807, 2.05) is 0 Å². The molecule has 1 heterocycles. The summed E-state index contributed by atoms with van der Waals surface area (Å²) in [4.78, 5) is 46.2.